The second kappa shape index (κ2) is 12.3. The van der Waals surface area contributed by atoms with Crippen LogP contribution >= 0.6 is 0 Å². The van der Waals surface area contributed by atoms with E-state index in [0.717, 1.165) is 43.5 Å². The van der Waals surface area contributed by atoms with E-state index in [-0.39, 0.29) is 0 Å². The van der Waals surface area contributed by atoms with Gasteiger partial charge in [-0.05, 0) is 39.3 Å². The maximum atomic E-state index is 5.63. The van der Waals surface area contributed by atoms with Crippen molar-refractivity contribution >= 4 is 9.28 Å². The molecule has 0 atom stereocenters. The van der Waals surface area contributed by atoms with Crippen molar-refractivity contribution in [3.05, 3.63) is 29.8 Å². The Kier molecular flexibility index (Phi) is 10.5. The van der Waals surface area contributed by atoms with Crippen LogP contribution in [-0.2, 0) is 15.4 Å². The molecule has 0 fully saturated rings. The number of para-hydroxylation sites is 1. The zero-order chi connectivity index (χ0) is 16.0. The van der Waals surface area contributed by atoms with Crippen molar-refractivity contribution in [2.75, 3.05) is 26.4 Å². The molecule has 0 amide bonds. The monoisotopic (exact) mass is 324 g/mol. The number of nitrogens with zero attached hydrogens (tertiary/aromatic N) is 2. The number of azo groups is 1. The number of hydrogen-bond acceptors (Lipinski definition) is 5. The fraction of sp³-hybridized carbons (Fsp3) is 0.625. The van der Waals surface area contributed by atoms with Crippen LogP contribution in [0.5, 0.6) is 5.75 Å². The molecule has 0 radical (unpaired) electrons. The summed E-state index contributed by atoms with van der Waals surface area (Å²) in [6, 6.07) is 8.94. The van der Waals surface area contributed by atoms with E-state index in [1.165, 1.54) is 0 Å². The highest BCUT2D eigenvalue weighted by molar-refractivity contribution is 6.44. The van der Waals surface area contributed by atoms with Gasteiger partial charge < -0.3 is 13.6 Å². The molecule has 0 spiro atoms. The first-order valence-corrected chi connectivity index (χ1v) is 9.84. The molecule has 22 heavy (non-hydrogen) atoms. The molecule has 5 nitrogen and oxygen atoms in total. The van der Waals surface area contributed by atoms with Crippen molar-refractivity contribution in [1.82, 2.24) is 0 Å². The zero-order valence-electron chi connectivity index (χ0n) is 14.0. The van der Waals surface area contributed by atoms with Gasteiger partial charge >= 0.3 is 9.28 Å². The Bertz CT molecular complexity index is 424. The summed E-state index contributed by atoms with van der Waals surface area (Å²) in [6.45, 7) is 9.40. The maximum Gasteiger partial charge on any atom is 0.321 e. The Morgan fingerprint density at radius 1 is 0.955 bits per heavy atom. The van der Waals surface area contributed by atoms with Gasteiger partial charge in [0.1, 0.15) is 5.75 Å². The van der Waals surface area contributed by atoms with Crippen molar-refractivity contribution in [1.29, 1.82) is 0 Å². The van der Waals surface area contributed by atoms with Crippen LogP contribution in [0.15, 0.2) is 34.5 Å². The number of ether oxygens (including phenoxy) is 1. The third-order valence-corrected chi connectivity index (χ3v) is 5.31. The van der Waals surface area contributed by atoms with Crippen LogP contribution in [0, 0.1) is 0 Å². The molecule has 0 aromatic heterocycles. The quantitative estimate of drug-likeness (QED) is 0.334. The molecule has 0 heterocycles. The van der Waals surface area contributed by atoms with E-state index in [4.69, 9.17) is 13.6 Å². The molecule has 124 valence electrons. The minimum atomic E-state index is -1.48. The van der Waals surface area contributed by atoms with Gasteiger partial charge in [0.15, 0.2) is 0 Å². The lowest BCUT2D eigenvalue weighted by molar-refractivity contribution is 0.213. The molecule has 0 saturated heterocycles. The molecule has 0 aliphatic carbocycles. The van der Waals surface area contributed by atoms with E-state index < -0.39 is 9.28 Å². The highest BCUT2D eigenvalue weighted by Crippen LogP contribution is 2.18. The Labute approximate surface area is 135 Å². The molecular formula is C16H28N2O3Si. The lowest BCUT2D eigenvalue weighted by atomic mass is 10.2. The molecule has 0 unspecified atom stereocenters. The minimum Gasteiger partial charge on any atom is -0.494 e. The van der Waals surface area contributed by atoms with Crippen LogP contribution in [0.1, 0.15) is 32.8 Å². The van der Waals surface area contributed by atoms with Crippen molar-refractivity contribution in [3.63, 3.8) is 0 Å². The SMILES string of the molecule is CCOc1ccccc1CN=NCCC[SiH](OCC)OCC. The third kappa shape index (κ3) is 7.68. The van der Waals surface area contributed by atoms with Crippen LogP contribution in [-0.4, -0.2) is 35.6 Å². The summed E-state index contributed by atoms with van der Waals surface area (Å²) in [5.41, 5.74) is 1.07. The van der Waals surface area contributed by atoms with Crippen LogP contribution in [0.4, 0.5) is 0 Å². The second-order valence-electron chi connectivity index (χ2n) is 4.69. The molecular weight excluding hydrogens is 296 g/mol. The molecule has 0 bridgehead atoms. The summed E-state index contributed by atoms with van der Waals surface area (Å²) < 4.78 is 16.8. The van der Waals surface area contributed by atoms with Gasteiger partial charge in [0.25, 0.3) is 0 Å². The van der Waals surface area contributed by atoms with Crippen molar-refractivity contribution in [3.8, 4) is 5.75 Å². The first kappa shape index (κ1) is 18.8. The summed E-state index contributed by atoms with van der Waals surface area (Å²) in [4.78, 5) is 0. The van der Waals surface area contributed by atoms with Crippen molar-refractivity contribution in [2.24, 2.45) is 10.2 Å². The van der Waals surface area contributed by atoms with Gasteiger partial charge in [0.2, 0.25) is 0 Å². The topological polar surface area (TPSA) is 52.4 Å². The van der Waals surface area contributed by atoms with Gasteiger partial charge in [-0.1, -0.05) is 18.2 Å². The normalized spacial score (nSPS) is 11.5. The van der Waals surface area contributed by atoms with E-state index in [9.17, 15) is 0 Å². The highest BCUT2D eigenvalue weighted by atomic mass is 28.3. The van der Waals surface area contributed by atoms with Gasteiger partial charge in [0, 0.05) is 18.8 Å². The Balaban J connectivity index is 2.29. The molecule has 1 aromatic carbocycles. The van der Waals surface area contributed by atoms with E-state index in [0.29, 0.717) is 13.2 Å². The van der Waals surface area contributed by atoms with Gasteiger partial charge in [-0.3, -0.25) is 0 Å². The van der Waals surface area contributed by atoms with Crippen LogP contribution in [0.3, 0.4) is 0 Å². The van der Waals surface area contributed by atoms with E-state index in [1.54, 1.807) is 0 Å². The Morgan fingerprint density at radius 3 is 2.36 bits per heavy atom. The first-order valence-electron chi connectivity index (χ1n) is 8.08. The molecule has 6 heteroatoms. The largest absolute Gasteiger partial charge is 0.494 e. The van der Waals surface area contributed by atoms with Gasteiger partial charge in [-0.2, -0.15) is 10.2 Å². The predicted molar refractivity (Wildman–Crippen MR) is 90.9 cm³/mol. The third-order valence-electron chi connectivity index (χ3n) is 3.02. The predicted octanol–water partition coefficient (Wildman–Crippen LogP) is 3.72. The van der Waals surface area contributed by atoms with Crippen LogP contribution in [0.25, 0.3) is 0 Å². The number of benzene rings is 1. The Hall–Kier alpha value is -1.24. The summed E-state index contributed by atoms with van der Waals surface area (Å²) >= 11 is 0. The minimum absolute atomic E-state index is 0.563. The van der Waals surface area contributed by atoms with Crippen LogP contribution in [0.2, 0.25) is 6.04 Å². The molecule has 1 rings (SSSR count). The molecule has 1 aromatic rings. The van der Waals surface area contributed by atoms with Crippen molar-refractivity contribution < 1.29 is 13.6 Å². The van der Waals surface area contributed by atoms with E-state index in [2.05, 4.69) is 10.2 Å². The lowest BCUT2D eigenvalue weighted by Gasteiger charge is -2.13. The summed E-state index contributed by atoms with van der Waals surface area (Å²) in [5, 5.41) is 8.49. The van der Waals surface area contributed by atoms with Gasteiger partial charge in [-0.25, -0.2) is 0 Å². The highest BCUT2D eigenvalue weighted by Gasteiger charge is 2.10. The fourth-order valence-electron chi connectivity index (χ4n) is 2.04. The zero-order valence-corrected chi connectivity index (χ0v) is 15.1. The molecule has 0 aliphatic heterocycles. The molecule has 0 saturated carbocycles. The van der Waals surface area contributed by atoms with E-state index >= 15 is 0 Å². The standard InChI is InChI=1S/C16H28N2O3Si/c1-4-19-16-11-8-7-10-15(16)14-18-17-12-9-13-22(20-5-2)21-6-3/h7-8,10-11,22H,4-6,9,12-14H2,1-3H3. The average molecular weight is 324 g/mol. The summed E-state index contributed by atoms with van der Waals surface area (Å²) in [5.74, 6) is 0.893. The average Bonchev–Trinajstić information content (AvgIpc) is 2.53. The summed E-state index contributed by atoms with van der Waals surface area (Å²) in [6.07, 6.45) is 0.966. The first-order chi connectivity index (χ1) is 10.8. The van der Waals surface area contributed by atoms with Gasteiger partial charge in [0.05, 0.1) is 19.7 Å². The second-order valence-corrected chi connectivity index (χ2v) is 6.79. The molecule has 0 N–H and O–H groups in total. The van der Waals surface area contributed by atoms with Crippen molar-refractivity contribution in [2.45, 2.75) is 39.8 Å². The smallest absolute Gasteiger partial charge is 0.321 e. The fourth-order valence-corrected chi connectivity index (χ4v) is 3.73. The van der Waals surface area contributed by atoms with Crippen LogP contribution < -0.4 is 4.74 Å². The number of hydrogen-bond donors (Lipinski definition) is 0. The summed E-state index contributed by atoms with van der Waals surface area (Å²) in [7, 11) is -1.48. The van der Waals surface area contributed by atoms with Gasteiger partial charge in [-0.15, -0.1) is 0 Å². The maximum absolute atomic E-state index is 5.63. The lowest BCUT2D eigenvalue weighted by Crippen LogP contribution is -2.22. The molecule has 0 aliphatic rings. The number of rotatable bonds is 12. The Morgan fingerprint density at radius 2 is 1.68 bits per heavy atom. The van der Waals surface area contributed by atoms with E-state index in [1.807, 2.05) is 45.0 Å².